The predicted octanol–water partition coefficient (Wildman–Crippen LogP) is 2.69. The lowest BCUT2D eigenvalue weighted by Crippen LogP contribution is -2.36. The molecule has 0 aromatic heterocycles. The number of benzene rings is 2. The van der Waals surface area contributed by atoms with Gasteiger partial charge in [-0.1, -0.05) is 13.8 Å². The van der Waals surface area contributed by atoms with Gasteiger partial charge in [-0.15, -0.1) is 0 Å². The average molecular weight is 497 g/mol. The van der Waals surface area contributed by atoms with Crippen LogP contribution in [0.4, 0.5) is 4.39 Å². The van der Waals surface area contributed by atoms with Crippen LogP contribution < -0.4 is 9.47 Å². The highest BCUT2D eigenvalue weighted by molar-refractivity contribution is 7.89. The minimum absolute atomic E-state index is 0.0446. The largest absolute Gasteiger partial charge is 0.497 e. The molecule has 0 aliphatic carbocycles. The van der Waals surface area contributed by atoms with Crippen LogP contribution in [0.1, 0.15) is 29.8 Å². The van der Waals surface area contributed by atoms with Crippen molar-refractivity contribution in [1.29, 1.82) is 0 Å². The Labute approximate surface area is 199 Å². The van der Waals surface area contributed by atoms with Gasteiger partial charge in [0.05, 0.1) is 21.3 Å². The maximum atomic E-state index is 14.5. The molecular weight excluding hydrogens is 467 g/mol. The number of nitrogens with zero attached hydrogens (tertiary/aromatic N) is 2. The second-order valence-electron chi connectivity index (χ2n) is 7.19. The van der Waals surface area contributed by atoms with Crippen LogP contribution >= 0.6 is 0 Å². The van der Waals surface area contributed by atoms with Gasteiger partial charge in [-0.3, -0.25) is 9.59 Å². The lowest BCUT2D eigenvalue weighted by molar-refractivity contribution is -0.141. The first kappa shape index (κ1) is 27.1. The lowest BCUT2D eigenvalue weighted by Gasteiger charge is -2.23. The number of halogens is 1. The normalized spacial score (nSPS) is 11.3. The van der Waals surface area contributed by atoms with E-state index in [0.717, 1.165) is 16.4 Å². The molecule has 9 nitrogen and oxygen atoms in total. The fraction of sp³-hybridized carbons (Fsp3) is 0.391. The van der Waals surface area contributed by atoms with Gasteiger partial charge in [-0.05, 0) is 35.9 Å². The Morgan fingerprint density at radius 2 is 1.53 bits per heavy atom. The lowest BCUT2D eigenvalue weighted by atomic mass is 10.1. The molecule has 2 aromatic carbocycles. The van der Waals surface area contributed by atoms with Crippen molar-refractivity contribution < 1.29 is 36.6 Å². The van der Waals surface area contributed by atoms with Crippen LogP contribution in [0.5, 0.6) is 11.5 Å². The summed E-state index contributed by atoms with van der Waals surface area (Å²) in [6.07, 6.45) is 0. The number of sulfonamides is 1. The number of hydrogen-bond donors (Lipinski definition) is 0. The summed E-state index contributed by atoms with van der Waals surface area (Å²) in [6, 6.07) is 8.08. The first-order chi connectivity index (χ1) is 16.1. The van der Waals surface area contributed by atoms with E-state index in [2.05, 4.69) is 0 Å². The predicted molar refractivity (Wildman–Crippen MR) is 123 cm³/mol. The van der Waals surface area contributed by atoms with Crippen molar-refractivity contribution in [2.45, 2.75) is 25.3 Å². The summed E-state index contributed by atoms with van der Waals surface area (Å²) in [7, 11) is -0.0116. The molecule has 0 saturated carbocycles. The molecule has 0 radical (unpaired) electrons. The highest BCUT2D eigenvalue weighted by atomic mass is 32.2. The number of esters is 1. The van der Waals surface area contributed by atoms with E-state index in [1.54, 1.807) is 32.0 Å². The van der Waals surface area contributed by atoms with E-state index in [1.165, 1.54) is 32.3 Å². The van der Waals surface area contributed by atoms with Crippen molar-refractivity contribution in [2.24, 2.45) is 0 Å². The van der Waals surface area contributed by atoms with Crippen molar-refractivity contribution in [1.82, 2.24) is 9.21 Å². The van der Waals surface area contributed by atoms with Gasteiger partial charge < -0.3 is 19.1 Å². The summed E-state index contributed by atoms with van der Waals surface area (Å²) >= 11 is 0. The molecule has 0 saturated heterocycles. The molecular formula is C23H29FN2O7S. The summed E-state index contributed by atoms with van der Waals surface area (Å²) in [5, 5.41) is 0. The molecule has 0 aliphatic heterocycles. The molecule has 0 spiro atoms. The van der Waals surface area contributed by atoms with Gasteiger partial charge in [0.25, 0.3) is 5.91 Å². The molecule has 34 heavy (non-hydrogen) atoms. The highest BCUT2D eigenvalue weighted by Crippen LogP contribution is 2.25. The summed E-state index contributed by atoms with van der Waals surface area (Å²) < 4.78 is 56.6. The maximum absolute atomic E-state index is 14.5. The molecule has 0 fully saturated rings. The van der Waals surface area contributed by atoms with Crippen LogP contribution in [0.2, 0.25) is 0 Å². The molecule has 2 aromatic rings. The van der Waals surface area contributed by atoms with Crippen molar-refractivity contribution in [3.63, 3.8) is 0 Å². The summed E-state index contributed by atoms with van der Waals surface area (Å²) in [5.74, 6) is -1.37. The van der Waals surface area contributed by atoms with E-state index in [4.69, 9.17) is 14.2 Å². The van der Waals surface area contributed by atoms with E-state index in [9.17, 15) is 22.4 Å². The Hall–Kier alpha value is -3.18. The Morgan fingerprint density at radius 3 is 2.03 bits per heavy atom. The van der Waals surface area contributed by atoms with Crippen molar-refractivity contribution in [3.8, 4) is 11.5 Å². The Bertz CT molecular complexity index is 1110. The first-order valence-electron chi connectivity index (χ1n) is 10.5. The van der Waals surface area contributed by atoms with Crippen LogP contribution in [0.15, 0.2) is 41.3 Å². The SMILES string of the molecule is CCN(CC)S(=O)(=O)c1cc(C(=O)N(CC(=O)OC)Cc2cc(OC)cc(OC)c2)ccc1F. The van der Waals surface area contributed by atoms with Gasteiger partial charge in [-0.2, -0.15) is 4.31 Å². The number of carbonyl (C=O) groups excluding carboxylic acids is 2. The van der Waals surface area contributed by atoms with Crippen molar-refractivity contribution in [3.05, 3.63) is 53.3 Å². The fourth-order valence-corrected chi connectivity index (χ4v) is 4.87. The molecule has 1 amide bonds. The zero-order chi connectivity index (χ0) is 25.5. The van der Waals surface area contributed by atoms with Gasteiger partial charge in [0, 0.05) is 31.3 Å². The third-order valence-corrected chi connectivity index (χ3v) is 7.19. The Kier molecular flexibility index (Phi) is 9.39. The third-order valence-electron chi connectivity index (χ3n) is 5.12. The van der Waals surface area contributed by atoms with E-state index in [0.29, 0.717) is 17.1 Å². The fourth-order valence-electron chi connectivity index (χ4n) is 3.32. The Balaban J connectivity index is 2.50. The summed E-state index contributed by atoms with van der Waals surface area (Å²) in [5.41, 5.74) is 0.498. The standard InChI is InChI=1S/C23H29FN2O7S/c1-6-26(7-2)34(29,30)21-12-17(8-9-20(21)24)23(28)25(15-22(27)33-5)14-16-10-18(31-3)13-19(11-16)32-4/h8-13H,6-7,14-15H2,1-5H3. The molecule has 0 heterocycles. The van der Waals surface area contributed by atoms with Crippen molar-refractivity contribution >= 4 is 21.9 Å². The molecule has 186 valence electrons. The van der Waals surface area contributed by atoms with Gasteiger partial charge in [0.2, 0.25) is 10.0 Å². The molecule has 0 bridgehead atoms. The van der Waals surface area contributed by atoms with Crippen LogP contribution in [-0.4, -0.2) is 70.5 Å². The number of amides is 1. The van der Waals surface area contributed by atoms with Gasteiger partial charge in [0.1, 0.15) is 28.8 Å². The van der Waals surface area contributed by atoms with Crippen LogP contribution in [-0.2, 0) is 26.1 Å². The molecule has 0 N–H and O–H groups in total. The summed E-state index contributed by atoms with van der Waals surface area (Å²) in [4.78, 5) is 25.9. The third kappa shape index (κ3) is 6.23. The van der Waals surface area contributed by atoms with Crippen molar-refractivity contribution in [2.75, 3.05) is 41.0 Å². The molecule has 11 heteroatoms. The van der Waals surface area contributed by atoms with E-state index >= 15 is 0 Å². The quantitative estimate of drug-likeness (QED) is 0.441. The number of methoxy groups -OCH3 is 3. The van der Waals surface area contributed by atoms with E-state index in [-0.39, 0.29) is 25.2 Å². The van der Waals surface area contributed by atoms with E-state index in [1.807, 2.05) is 0 Å². The molecule has 0 atom stereocenters. The zero-order valence-electron chi connectivity index (χ0n) is 19.8. The number of ether oxygens (including phenoxy) is 3. The van der Waals surface area contributed by atoms with Crippen LogP contribution in [0.25, 0.3) is 0 Å². The highest BCUT2D eigenvalue weighted by Gasteiger charge is 2.28. The van der Waals surface area contributed by atoms with Crippen LogP contribution in [0.3, 0.4) is 0 Å². The minimum Gasteiger partial charge on any atom is -0.497 e. The molecule has 0 aliphatic rings. The van der Waals surface area contributed by atoms with E-state index < -0.39 is 39.2 Å². The number of hydrogen-bond acceptors (Lipinski definition) is 7. The number of carbonyl (C=O) groups is 2. The number of rotatable bonds is 11. The monoisotopic (exact) mass is 496 g/mol. The van der Waals surface area contributed by atoms with Gasteiger partial charge in [0.15, 0.2) is 0 Å². The molecule has 2 rings (SSSR count). The smallest absolute Gasteiger partial charge is 0.325 e. The minimum atomic E-state index is -4.16. The maximum Gasteiger partial charge on any atom is 0.325 e. The second-order valence-corrected chi connectivity index (χ2v) is 9.10. The first-order valence-corrected chi connectivity index (χ1v) is 11.9. The average Bonchev–Trinajstić information content (AvgIpc) is 2.83. The van der Waals surface area contributed by atoms with Gasteiger partial charge >= 0.3 is 5.97 Å². The topological polar surface area (TPSA) is 102 Å². The summed E-state index contributed by atoms with van der Waals surface area (Å²) in [6.45, 7) is 3.09. The van der Waals surface area contributed by atoms with Crippen LogP contribution in [0, 0.1) is 5.82 Å². The van der Waals surface area contributed by atoms with Gasteiger partial charge in [-0.25, -0.2) is 12.8 Å². The molecule has 0 unspecified atom stereocenters. The zero-order valence-corrected chi connectivity index (χ0v) is 20.6. The second kappa shape index (κ2) is 11.8. The Morgan fingerprint density at radius 1 is 0.941 bits per heavy atom.